The van der Waals surface area contributed by atoms with Crippen LogP contribution in [-0.2, 0) is 0 Å². The summed E-state index contributed by atoms with van der Waals surface area (Å²) in [5.74, 6) is 0. The Bertz CT molecular complexity index is 393. The minimum absolute atomic E-state index is 0.621. The highest BCUT2D eigenvalue weighted by Crippen LogP contribution is 2.31. The van der Waals surface area contributed by atoms with Crippen molar-refractivity contribution in [3.05, 3.63) is 23.2 Å². The van der Waals surface area contributed by atoms with Crippen molar-refractivity contribution in [1.29, 1.82) is 0 Å². The molecule has 1 aliphatic rings. The molecule has 0 saturated carbocycles. The third-order valence-electron chi connectivity index (χ3n) is 3.01. The second-order valence-electron chi connectivity index (χ2n) is 4.73. The molecule has 4 heteroatoms. The van der Waals surface area contributed by atoms with Gasteiger partial charge in [-0.05, 0) is 38.0 Å². The molecule has 3 nitrogen and oxygen atoms in total. The number of anilines is 2. The zero-order valence-corrected chi connectivity index (χ0v) is 10.2. The van der Waals surface area contributed by atoms with E-state index in [1.54, 1.807) is 6.07 Å². The number of benzene rings is 1. The van der Waals surface area contributed by atoms with Gasteiger partial charge in [-0.25, -0.2) is 0 Å². The Morgan fingerprint density at radius 3 is 2.88 bits per heavy atom. The second kappa shape index (κ2) is 4.15. The quantitative estimate of drug-likeness (QED) is 0.741. The minimum atomic E-state index is -0.621. The molecule has 1 aliphatic heterocycles. The highest BCUT2D eigenvalue weighted by atomic mass is 35.5. The maximum absolute atomic E-state index is 10.0. The largest absolute Gasteiger partial charge is 0.397 e. The molecule has 1 unspecified atom stereocenters. The Balaban J connectivity index is 2.23. The van der Waals surface area contributed by atoms with E-state index in [4.69, 9.17) is 17.3 Å². The molecule has 2 rings (SSSR count). The van der Waals surface area contributed by atoms with E-state index in [0.717, 1.165) is 25.1 Å². The van der Waals surface area contributed by atoms with Gasteiger partial charge in [-0.1, -0.05) is 11.6 Å². The Hall–Kier alpha value is -0.930. The van der Waals surface area contributed by atoms with Crippen molar-refractivity contribution in [2.75, 3.05) is 23.7 Å². The van der Waals surface area contributed by atoms with Crippen LogP contribution in [0.25, 0.3) is 0 Å². The highest BCUT2D eigenvalue weighted by Gasteiger charge is 2.29. The van der Waals surface area contributed by atoms with Gasteiger partial charge in [0.1, 0.15) is 0 Å². The lowest BCUT2D eigenvalue weighted by Gasteiger charge is -2.38. The van der Waals surface area contributed by atoms with Crippen LogP contribution in [0.5, 0.6) is 0 Å². The summed E-state index contributed by atoms with van der Waals surface area (Å²) in [6.07, 6.45) is 1.83. The summed E-state index contributed by atoms with van der Waals surface area (Å²) >= 11 is 5.86. The van der Waals surface area contributed by atoms with Crippen molar-refractivity contribution in [1.82, 2.24) is 0 Å². The Morgan fingerprint density at radius 1 is 1.50 bits per heavy atom. The fourth-order valence-electron chi connectivity index (χ4n) is 2.24. The molecule has 0 bridgehead atoms. The summed E-state index contributed by atoms with van der Waals surface area (Å²) in [5.41, 5.74) is 6.95. The van der Waals surface area contributed by atoms with E-state index in [0.29, 0.717) is 17.3 Å². The third kappa shape index (κ3) is 2.42. The van der Waals surface area contributed by atoms with Gasteiger partial charge in [0, 0.05) is 18.1 Å². The monoisotopic (exact) mass is 240 g/mol. The standard InChI is InChI=1S/C12H17ClN2O/c1-12(16)5-2-6-15(8-12)11-4-3-9(13)7-10(11)14/h3-4,7,16H,2,5-6,8,14H2,1H3. The van der Waals surface area contributed by atoms with Gasteiger partial charge >= 0.3 is 0 Å². The predicted octanol–water partition coefficient (Wildman–Crippen LogP) is 2.27. The topological polar surface area (TPSA) is 49.5 Å². The van der Waals surface area contributed by atoms with Crippen LogP contribution < -0.4 is 10.6 Å². The minimum Gasteiger partial charge on any atom is -0.397 e. The average Bonchev–Trinajstić information content (AvgIpc) is 2.15. The van der Waals surface area contributed by atoms with Gasteiger partial charge in [0.2, 0.25) is 0 Å². The zero-order chi connectivity index (χ0) is 11.8. The first kappa shape index (κ1) is 11.6. The summed E-state index contributed by atoms with van der Waals surface area (Å²) in [4.78, 5) is 2.12. The average molecular weight is 241 g/mol. The van der Waals surface area contributed by atoms with Crippen LogP contribution in [0, 0.1) is 0 Å². The van der Waals surface area contributed by atoms with E-state index in [9.17, 15) is 5.11 Å². The van der Waals surface area contributed by atoms with Gasteiger partial charge < -0.3 is 15.7 Å². The van der Waals surface area contributed by atoms with Gasteiger partial charge in [-0.2, -0.15) is 0 Å². The third-order valence-corrected chi connectivity index (χ3v) is 3.24. The zero-order valence-electron chi connectivity index (χ0n) is 9.41. The number of β-amino-alcohol motifs (C(OH)–C–C–N with tert-alkyl or cyclic N) is 1. The molecule has 0 amide bonds. The smallest absolute Gasteiger partial charge is 0.0794 e. The number of aliphatic hydroxyl groups is 1. The second-order valence-corrected chi connectivity index (χ2v) is 5.16. The first-order valence-corrected chi connectivity index (χ1v) is 5.88. The summed E-state index contributed by atoms with van der Waals surface area (Å²) < 4.78 is 0. The van der Waals surface area contributed by atoms with Crippen LogP contribution in [0.4, 0.5) is 11.4 Å². The summed E-state index contributed by atoms with van der Waals surface area (Å²) in [5, 5.41) is 10.7. The molecule has 1 fully saturated rings. The van der Waals surface area contributed by atoms with E-state index >= 15 is 0 Å². The molecular formula is C12H17ClN2O. The summed E-state index contributed by atoms with van der Waals surface area (Å²) in [6.45, 7) is 3.42. The fraction of sp³-hybridized carbons (Fsp3) is 0.500. The number of piperidine rings is 1. The molecule has 3 N–H and O–H groups in total. The number of hydrogen-bond donors (Lipinski definition) is 2. The van der Waals surface area contributed by atoms with E-state index in [1.807, 2.05) is 19.1 Å². The lowest BCUT2D eigenvalue weighted by Crippen LogP contribution is -2.46. The SMILES string of the molecule is CC1(O)CCCN(c2ccc(Cl)cc2N)C1. The Labute approximate surface area is 101 Å². The van der Waals surface area contributed by atoms with Crippen molar-refractivity contribution in [3.63, 3.8) is 0 Å². The van der Waals surface area contributed by atoms with Gasteiger partial charge in [-0.3, -0.25) is 0 Å². The molecule has 0 aromatic heterocycles. The number of nitrogens with two attached hydrogens (primary N) is 1. The van der Waals surface area contributed by atoms with Crippen LogP contribution in [-0.4, -0.2) is 23.8 Å². The number of halogens is 1. The van der Waals surface area contributed by atoms with E-state index < -0.39 is 5.60 Å². The lowest BCUT2D eigenvalue weighted by atomic mass is 9.94. The van der Waals surface area contributed by atoms with Crippen molar-refractivity contribution in [2.45, 2.75) is 25.4 Å². The van der Waals surface area contributed by atoms with Crippen LogP contribution >= 0.6 is 11.6 Å². The molecule has 1 atom stereocenters. The van der Waals surface area contributed by atoms with E-state index in [-0.39, 0.29) is 0 Å². The number of rotatable bonds is 1. The Morgan fingerprint density at radius 2 is 2.25 bits per heavy atom. The van der Waals surface area contributed by atoms with Gasteiger partial charge in [0.25, 0.3) is 0 Å². The lowest BCUT2D eigenvalue weighted by molar-refractivity contribution is 0.0450. The van der Waals surface area contributed by atoms with Crippen LogP contribution in [0.1, 0.15) is 19.8 Å². The van der Waals surface area contributed by atoms with Crippen LogP contribution in [0.3, 0.4) is 0 Å². The molecule has 0 aliphatic carbocycles. The van der Waals surface area contributed by atoms with Crippen molar-refractivity contribution >= 4 is 23.0 Å². The first-order chi connectivity index (χ1) is 7.48. The van der Waals surface area contributed by atoms with E-state index in [1.165, 1.54) is 0 Å². The number of hydrogen-bond acceptors (Lipinski definition) is 3. The van der Waals surface area contributed by atoms with Gasteiger partial charge in [0.05, 0.1) is 17.0 Å². The normalized spacial score (nSPS) is 25.8. The molecule has 1 saturated heterocycles. The molecule has 88 valence electrons. The van der Waals surface area contributed by atoms with Gasteiger partial charge in [0.15, 0.2) is 0 Å². The van der Waals surface area contributed by atoms with Gasteiger partial charge in [-0.15, -0.1) is 0 Å². The molecule has 1 heterocycles. The number of nitrogens with zero attached hydrogens (tertiary/aromatic N) is 1. The fourth-order valence-corrected chi connectivity index (χ4v) is 2.42. The molecule has 0 radical (unpaired) electrons. The first-order valence-electron chi connectivity index (χ1n) is 5.50. The molecule has 1 aromatic carbocycles. The molecule has 16 heavy (non-hydrogen) atoms. The highest BCUT2D eigenvalue weighted by molar-refractivity contribution is 6.31. The number of nitrogen functional groups attached to an aromatic ring is 1. The summed E-state index contributed by atoms with van der Waals surface area (Å²) in [6, 6.07) is 5.50. The maximum atomic E-state index is 10.0. The van der Waals surface area contributed by atoms with Crippen LogP contribution in [0.2, 0.25) is 5.02 Å². The Kier molecular flexibility index (Phi) is 3.00. The van der Waals surface area contributed by atoms with E-state index in [2.05, 4.69) is 4.90 Å². The van der Waals surface area contributed by atoms with Crippen molar-refractivity contribution in [2.24, 2.45) is 0 Å². The maximum Gasteiger partial charge on any atom is 0.0794 e. The molecule has 1 aromatic rings. The summed E-state index contributed by atoms with van der Waals surface area (Å²) in [7, 11) is 0. The molecular weight excluding hydrogens is 224 g/mol. The van der Waals surface area contributed by atoms with Crippen molar-refractivity contribution in [3.8, 4) is 0 Å². The van der Waals surface area contributed by atoms with Crippen LogP contribution in [0.15, 0.2) is 18.2 Å². The molecule has 0 spiro atoms. The van der Waals surface area contributed by atoms with Crippen molar-refractivity contribution < 1.29 is 5.11 Å². The predicted molar refractivity (Wildman–Crippen MR) is 67.9 cm³/mol.